The summed E-state index contributed by atoms with van der Waals surface area (Å²) in [7, 11) is 0. The number of amides is 1. The van der Waals surface area contributed by atoms with Crippen molar-refractivity contribution in [3.05, 3.63) is 31.4 Å². The first-order valence-corrected chi connectivity index (χ1v) is 4.93. The van der Waals surface area contributed by atoms with Crippen LogP contribution >= 0.6 is 45.2 Å². The van der Waals surface area contributed by atoms with Crippen LogP contribution in [0.25, 0.3) is 0 Å². The molecule has 11 heavy (non-hydrogen) atoms. The van der Waals surface area contributed by atoms with E-state index in [0.29, 0.717) is 0 Å². The van der Waals surface area contributed by atoms with Gasteiger partial charge in [-0.05, 0) is 63.4 Å². The fourth-order valence-corrected chi connectivity index (χ4v) is 2.14. The molecular weight excluding hydrogens is 368 g/mol. The third-order valence-corrected chi connectivity index (χ3v) is 2.13. The second-order valence-electron chi connectivity index (χ2n) is 1.58. The smallest absolute Gasteiger partial charge is 0.204 e. The van der Waals surface area contributed by atoms with Gasteiger partial charge in [0.25, 0.3) is 0 Å². The topological polar surface area (TPSA) is 43.1 Å². The van der Waals surface area contributed by atoms with Gasteiger partial charge in [-0.3, -0.25) is 4.79 Å². The number of hydrogen-bond acceptors (Lipinski definition) is 1. The van der Waals surface area contributed by atoms with Crippen molar-refractivity contribution in [3.8, 4) is 0 Å². The van der Waals surface area contributed by atoms with Gasteiger partial charge >= 0.3 is 0 Å². The number of nitrogens with two attached hydrogens (primary N) is 1. The minimum Gasteiger partial charge on any atom is -0.372 e. The Morgan fingerprint density at radius 1 is 1.27 bits per heavy atom. The molecule has 0 saturated heterocycles. The number of primary amides is 1. The SMILES string of the molecule is Ic1cccc(I)c1.NC=O. The van der Waals surface area contributed by atoms with Gasteiger partial charge in [-0.25, -0.2) is 0 Å². The summed E-state index contributed by atoms with van der Waals surface area (Å²) >= 11 is 4.60. The molecule has 1 aromatic carbocycles. The van der Waals surface area contributed by atoms with Crippen LogP contribution in [0.15, 0.2) is 24.3 Å². The van der Waals surface area contributed by atoms with E-state index in [2.05, 4.69) is 75.2 Å². The fourth-order valence-electron chi connectivity index (χ4n) is 0.460. The van der Waals surface area contributed by atoms with Crippen LogP contribution in [0, 0.1) is 7.14 Å². The Hall–Kier alpha value is 0.150. The summed E-state index contributed by atoms with van der Waals surface area (Å²) in [5.74, 6) is 0. The van der Waals surface area contributed by atoms with Gasteiger partial charge in [0.2, 0.25) is 6.41 Å². The van der Waals surface area contributed by atoms with Crippen molar-refractivity contribution in [2.45, 2.75) is 0 Å². The lowest BCUT2D eigenvalue weighted by Gasteiger charge is -1.87. The zero-order valence-electron chi connectivity index (χ0n) is 5.63. The Morgan fingerprint density at radius 3 is 1.82 bits per heavy atom. The third-order valence-electron chi connectivity index (χ3n) is 0.787. The lowest BCUT2D eigenvalue weighted by atomic mass is 10.4. The standard InChI is InChI=1S/C6H4I2.CH3NO/c7-5-2-1-3-6(8)4-5;2-1-3/h1-4H;1H,(H2,2,3). The third kappa shape index (κ3) is 6.54. The second kappa shape index (κ2) is 6.84. The molecule has 0 aliphatic heterocycles. The van der Waals surface area contributed by atoms with Crippen molar-refractivity contribution in [2.75, 3.05) is 0 Å². The monoisotopic (exact) mass is 375 g/mol. The van der Waals surface area contributed by atoms with E-state index in [1.165, 1.54) is 7.14 Å². The maximum atomic E-state index is 8.58. The van der Waals surface area contributed by atoms with Crippen molar-refractivity contribution in [1.29, 1.82) is 0 Å². The summed E-state index contributed by atoms with van der Waals surface area (Å²) < 4.78 is 2.60. The molecule has 0 fully saturated rings. The van der Waals surface area contributed by atoms with Crippen molar-refractivity contribution in [1.82, 2.24) is 0 Å². The van der Waals surface area contributed by atoms with Crippen molar-refractivity contribution < 1.29 is 4.79 Å². The van der Waals surface area contributed by atoms with Gasteiger partial charge in [0.1, 0.15) is 0 Å². The predicted molar refractivity (Wildman–Crippen MR) is 62.1 cm³/mol. The highest BCUT2D eigenvalue weighted by atomic mass is 127. The maximum Gasteiger partial charge on any atom is 0.204 e. The van der Waals surface area contributed by atoms with E-state index in [0.717, 1.165) is 0 Å². The van der Waals surface area contributed by atoms with Gasteiger partial charge < -0.3 is 5.73 Å². The molecule has 0 heterocycles. The Bertz CT molecular complexity index is 210. The molecule has 1 amide bonds. The molecule has 0 spiro atoms. The van der Waals surface area contributed by atoms with Crippen LogP contribution in [0.5, 0.6) is 0 Å². The number of halogens is 2. The molecular formula is C7H7I2NO. The van der Waals surface area contributed by atoms with Gasteiger partial charge in [-0.2, -0.15) is 0 Å². The lowest BCUT2D eigenvalue weighted by Crippen LogP contribution is -1.82. The van der Waals surface area contributed by atoms with Crippen LogP contribution in [-0.2, 0) is 4.79 Å². The van der Waals surface area contributed by atoms with Crippen LogP contribution in [0.3, 0.4) is 0 Å². The molecule has 0 aliphatic carbocycles. The fraction of sp³-hybridized carbons (Fsp3) is 0. The van der Waals surface area contributed by atoms with E-state index in [1.807, 2.05) is 0 Å². The Labute approximate surface area is 92.8 Å². The molecule has 0 atom stereocenters. The highest BCUT2D eigenvalue weighted by Gasteiger charge is 1.83. The maximum absolute atomic E-state index is 8.58. The largest absolute Gasteiger partial charge is 0.372 e. The van der Waals surface area contributed by atoms with Gasteiger partial charge in [-0.15, -0.1) is 0 Å². The molecule has 0 aliphatic rings. The molecule has 1 aromatic rings. The highest BCUT2D eigenvalue weighted by molar-refractivity contribution is 14.1. The summed E-state index contributed by atoms with van der Waals surface area (Å²) in [5, 5.41) is 0. The van der Waals surface area contributed by atoms with Gasteiger partial charge in [0, 0.05) is 7.14 Å². The van der Waals surface area contributed by atoms with Crippen LogP contribution in [-0.4, -0.2) is 6.41 Å². The molecule has 2 N–H and O–H groups in total. The number of carbonyl (C=O) groups excluding carboxylic acids is 1. The van der Waals surface area contributed by atoms with Gasteiger partial charge in [0.05, 0.1) is 0 Å². The number of hydrogen-bond donors (Lipinski definition) is 1. The zero-order valence-corrected chi connectivity index (χ0v) is 9.94. The molecule has 60 valence electrons. The molecule has 0 aromatic heterocycles. The van der Waals surface area contributed by atoms with Gasteiger partial charge in [-0.1, -0.05) is 6.07 Å². The average Bonchev–Trinajstić information content (AvgIpc) is 1.88. The van der Waals surface area contributed by atoms with Crippen molar-refractivity contribution in [3.63, 3.8) is 0 Å². The molecule has 0 unspecified atom stereocenters. The quantitative estimate of drug-likeness (QED) is 0.547. The van der Waals surface area contributed by atoms with Gasteiger partial charge in [0.15, 0.2) is 0 Å². The number of carbonyl (C=O) groups is 1. The summed E-state index contributed by atoms with van der Waals surface area (Å²) in [6.45, 7) is 0. The van der Waals surface area contributed by atoms with E-state index < -0.39 is 0 Å². The van der Waals surface area contributed by atoms with E-state index in [1.54, 1.807) is 0 Å². The molecule has 0 radical (unpaired) electrons. The first-order chi connectivity index (χ1) is 5.20. The Kier molecular flexibility index (Phi) is 6.93. The minimum absolute atomic E-state index is 0.250. The number of rotatable bonds is 0. The van der Waals surface area contributed by atoms with E-state index in [4.69, 9.17) is 4.79 Å². The Balaban J connectivity index is 0.000000292. The Morgan fingerprint density at radius 2 is 1.64 bits per heavy atom. The van der Waals surface area contributed by atoms with Crippen LogP contribution in [0.1, 0.15) is 0 Å². The first kappa shape index (κ1) is 11.2. The summed E-state index contributed by atoms with van der Waals surface area (Å²) in [6, 6.07) is 8.37. The molecule has 2 nitrogen and oxygen atoms in total. The normalized spacial score (nSPS) is 7.82. The zero-order chi connectivity index (χ0) is 8.69. The van der Waals surface area contributed by atoms with Crippen LogP contribution in [0.4, 0.5) is 0 Å². The van der Waals surface area contributed by atoms with E-state index >= 15 is 0 Å². The first-order valence-electron chi connectivity index (χ1n) is 2.77. The molecule has 1 rings (SSSR count). The highest BCUT2D eigenvalue weighted by Crippen LogP contribution is 2.08. The molecule has 4 heteroatoms. The average molecular weight is 375 g/mol. The molecule has 0 bridgehead atoms. The molecule has 0 saturated carbocycles. The summed E-state index contributed by atoms with van der Waals surface area (Å²) in [5.41, 5.74) is 4.17. The van der Waals surface area contributed by atoms with E-state index in [-0.39, 0.29) is 6.41 Å². The predicted octanol–water partition coefficient (Wildman–Crippen LogP) is 2.00. The minimum atomic E-state index is 0.250. The van der Waals surface area contributed by atoms with Crippen LogP contribution in [0.2, 0.25) is 0 Å². The lowest BCUT2D eigenvalue weighted by molar-refractivity contribution is -0.106. The second-order valence-corrected chi connectivity index (χ2v) is 4.07. The summed E-state index contributed by atoms with van der Waals surface area (Å²) in [4.78, 5) is 8.58. The van der Waals surface area contributed by atoms with Crippen molar-refractivity contribution in [2.24, 2.45) is 5.73 Å². The number of benzene rings is 1. The van der Waals surface area contributed by atoms with E-state index in [9.17, 15) is 0 Å². The van der Waals surface area contributed by atoms with Crippen LogP contribution < -0.4 is 5.73 Å². The summed E-state index contributed by atoms with van der Waals surface area (Å²) in [6.07, 6.45) is 0.250. The van der Waals surface area contributed by atoms with Crippen molar-refractivity contribution >= 4 is 51.6 Å².